The Balaban J connectivity index is 0.00000116. The van der Waals surface area contributed by atoms with Crippen molar-refractivity contribution in [3.8, 4) is 11.8 Å². The van der Waals surface area contributed by atoms with E-state index < -0.39 is 0 Å². The number of aromatic amines is 1. The highest BCUT2D eigenvalue weighted by molar-refractivity contribution is 7.10. The lowest BCUT2D eigenvalue weighted by molar-refractivity contribution is -0.123. The van der Waals surface area contributed by atoms with Crippen molar-refractivity contribution in [2.75, 3.05) is 33.8 Å². The summed E-state index contributed by atoms with van der Waals surface area (Å²) >= 11 is 1.71. The van der Waals surface area contributed by atoms with Gasteiger partial charge in [0.25, 0.3) is 12.9 Å². The monoisotopic (exact) mass is 424 g/mol. The molecule has 0 aromatic carbocycles. The number of carboxylic acid groups (broad SMARTS) is 2. The van der Waals surface area contributed by atoms with Crippen LogP contribution in [0.1, 0.15) is 21.8 Å². The Kier molecular flexibility index (Phi) is 14.7. The number of thiophene rings is 1. The van der Waals surface area contributed by atoms with Crippen molar-refractivity contribution in [2.45, 2.75) is 20.0 Å². The molecule has 29 heavy (non-hydrogen) atoms. The smallest absolute Gasteiger partial charge is 0.290 e. The number of nitrogens with one attached hydrogen (secondary N) is 1. The van der Waals surface area contributed by atoms with Gasteiger partial charge in [-0.05, 0) is 27.1 Å². The highest BCUT2D eigenvalue weighted by Gasteiger charge is 2.12. The molecule has 10 heteroatoms. The van der Waals surface area contributed by atoms with Gasteiger partial charge in [0, 0.05) is 47.7 Å². The molecule has 4 N–H and O–H groups in total. The molecule has 0 fully saturated rings. The van der Waals surface area contributed by atoms with Crippen molar-refractivity contribution in [3.05, 3.63) is 39.6 Å². The van der Waals surface area contributed by atoms with Crippen LogP contribution in [0, 0.1) is 18.8 Å². The molecule has 0 saturated heterocycles. The lowest BCUT2D eigenvalue weighted by Crippen LogP contribution is -2.31. The Labute approximate surface area is 174 Å². The van der Waals surface area contributed by atoms with Gasteiger partial charge >= 0.3 is 0 Å². The van der Waals surface area contributed by atoms with E-state index >= 15 is 0 Å². The Morgan fingerprint density at radius 2 is 1.86 bits per heavy atom. The number of rotatable bonds is 7. The molecule has 0 saturated carbocycles. The van der Waals surface area contributed by atoms with E-state index in [2.05, 4.69) is 58.7 Å². The van der Waals surface area contributed by atoms with Crippen LogP contribution in [0.3, 0.4) is 0 Å². The fourth-order valence-electron chi connectivity index (χ4n) is 2.20. The van der Waals surface area contributed by atoms with Gasteiger partial charge in [-0.1, -0.05) is 11.8 Å². The third kappa shape index (κ3) is 12.4. The minimum Gasteiger partial charge on any atom is -0.483 e. The molecule has 0 unspecified atom stereocenters. The summed E-state index contributed by atoms with van der Waals surface area (Å²) < 4.78 is 0. The number of aromatic nitrogens is 2. The summed E-state index contributed by atoms with van der Waals surface area (Å²) in [6.07, 6.45) is 1.75. The molecule has 2 aromatic heterocycles. The van der Waals surface area contributed by atoms with Crippen LogP contribution in [0.4, 0.5) is 0 Å². The number of hydrogen-bond acceptors (Lipinski definition) is 7. The van der Waals surface area contributed by atoms with Crippen LogP contribution in [0.2, 0.25) is 0 Å². The van der Waals surface area contributed by atoms with Gasteiger partial charge in [0.1, 0.15) is 6.61 Å². The molecule has 0 aliphatic carbocycles. The van der Waals surface area contributed by atoms with E-state index in [0.29, 0.717) is 0 Å². The van der Waals surface area contributed by atoms with Crippen LogP contribution < -0.4 is 0 Å². The van der Waals surface area contributed by atoms with Crippen LogP contribution in [0.5, 0.6) is 0 Å². The van der Waals surface area contributed by atoms with Crippen LogP contribution in [0.25, 0.3) is 0 Å². The highest BCUT2D eigenvalue weighted by atomic mass is 32.1. The van der Waals surface area contributed by atoms with Gasteiger partial charge in [0.05, 0.1) is 12.0 Å². The largest absolute Gasteiger partial charge is 0.483 e. The van der Waals surface area contributed by atoms with E-state index in [1.165, 1.54) is 4.88 Å². The van der Waals surface area contributed by atoms with Gasteiger partial charge in [-0.2, -0.15) is 0 Å². The standard InChI is InChI=1S/C17H24N4OS.2CH2O2/c1-14-17(19-13-18-14)11-21(7-6-20(2)3)10-16-9-15(12-23-16)5-4-8-22;2*2-1-3/h9,12-13,22H,6-8,10-11H2,1-3H3,(H,18,19);2*1H,(H,2,3). The van der Waals surface area contributed by atoms with Crippen molar-refractivity contribution in [3.63, 3.8) is 0 Å². The number of imidazole rings is 1. The van der Waals surface area contributed by atoms with Gasteiger partial charge in [0.2, 0.25) is 0 Å². The van der Waals surface area contributed by atoms with Crippen LogP contribution in [-0.2, 0) is 22.7 Å². The van der Waals surface area contributed by atoms with E-state index in [1.54, 1.807) is 17.7 Å². The summed E-state index contributed by atoms with van der Waals surface area (Å²) in [6, 6.07) is 2.10. The second-order valence-corrected chi connectivity index (χ2v) is 6.96. The van der Waals surface area contributed by atoms with Crippen LogP contribution in [0.15, 0.2) is 17.8 Å². The fraction of sp³-hybridized carbons (Fsp3) is 0.421. The zero-order valence-corrected chi connectivity index (χ0v) is 17.6. The van der Waals surface area contributed by atoms with Crippen molar-refractivity contribution < 1.29 is 24.9 Å². The molecule has 0 radical (unpaired) electrons. The first kappa shape index (κ1) is 26.3. The first-order valence-corrected chi connectivity index (χ1v) is 9.48. The number of carbonyl (C=O) groups is 2. The van der Waals surface area contributed by atoms with Gasteiger partial charge in [-0.15, -0.1) is 11.3 Å². The van der Waals surface area contributed by atoms with E-state index in [9.17, 15) is 0 Å². The number of aliphatic hydroxyl groups is 1. The predicted octanol–water partition coefficient (Wildman–Crippen LogP) is 1.09. The highest BCUT2D eigenvalue weighted by Crippen LogP contribution is 2.18. The Morgan fingerprint density at radius 1 is 1.21 bits per heavy atom. The zero-order chi connectivity index (χ0) is 22.1. The Hall–Kier alpha value is -2.71. The summed E-state index contributed by atoms with van der Waals surface area (Å²) in [5, 5.41) is 24.6. The molecule has 2 heterocycles. The molecule has 2 aromatic rings. The molecule has 2 rings (SSSR count). The normalized spacial score (nSPS) is 9.59. The fourth-order valence-corrected chi connectivity index (χ4v) is 3.06. The maximum Gasteiger partial charge on any atom is 0.290 e. The average Bonchev–Trinajstić information content (AvgIpc) is 3.28. The Bertz CT molecular complexity index is 758. The van der Waals surface area contributed by atoms with Gasteiger partial charge in [0.15, 0.2) is 0 Å². The van der Waals surface area contributed by atoms with E-state index in [0.717, 1.165) is 43.1 Å². The summed E-state index contributed by atoms with van der Waals surface area (Å²) in [6.45, 7) is 5.16. The summed E-state index contributed by atoms with van der Waals surface area (Å²) in [4.78, 5) is 30.1. The number of H-pyrrole nitrogens is 1. The maximum atomic E-state index is 8.78. The van der Waals surface area contributed by atoms with Gasteiger partial charge < -0.3 is 25.2 Å². The average molecular weight is 425 g/mol. The SMILES string of the molecule is Cc1[nH]cnc1CN(CCN(C)C)Cc1cc(C#CCO)cs1.O=CO.O=CO. The second kappa shape index (κ2) is 16.3. The second-order valence-electron chi connectivity index (χ2n) is 5.96. The molecule has 0 amide bonds. The molecule has 0 atom stereocenters. The first-order valence-electron chi connectivity index (χ1n) is 8.60. The predicted molar refractivity (Wildman–Crippen MR) is 112 cm³/mol. The molecule has 160 valence electrons. The van der Waals surface area contributed by atoms with Crippen molar-refractivity contribution >= 4 is 24.3 Å². The molecule has 0 aliphatic rings. The van der Waals surface area contributed by atoms with Crippen LogP contribution >= 0.6 is 11.3 Å². The third-order valence-electron chi connectivity index (χ3n) is 3.52. The molecule has 0 bridgehead atoms. The minimum absolute atomic E-state index is 0.0986. The van der Waals surface area contributed by atoms with E-state index in [-0.39, 0.29) is 19.6 Å². The number of aryl methyl sites for hydroxylation is 1. The molecule has 9 nitrogen and oxygen atoms in total. The first-order chi connectivity index (χ1) is 13.9. The van der Waals surface area contributed by atoms with Crippen molar-refractivity contribution in [1.29, 1.82) is 0 Å². The van der Waals surface area contributed by atoms with Crippen LogP contribution in [-0.4, -0.2) is 81.8 Å². The molecular formula is C19H28N4O5S. The summed E-state index contributed by atoms with van der Waals surface area (Å²) in [5.74, 6) is 5.65. The molecular weight excluding hydrogens is 396 g/mol. The third-order valence-corrected chi connectivity index (χ3v) is 4.44. The maximum absolute atomic E-state index is 8.78. The number of nitrogens with zero attached hydrogens (tertiary/aromatic N) is 3. The molecule has 0 spiro atoms. The number of hydrogen-bond donors (Lipinski definition) is 4. The zero-order valence-electron chi connectivity index (χ0n) is 16.8. The summed E-state index contributed by atoms with van der Waals surface area (Å²) in [5.41, 5.74) is 3.20. The van der Waals surface area contributed by atoms with Crippen molar-refractivity contribution in [1.82, 2.24) is 19.8 Å². The number of likely N-dealkylation sites (N-methyl/N-ethyl adjacent to an activating group) is 1. The van der Waals surface area contributed by atoms with E-state index in [4.69, 9.17) is 24.9 Å². The van der Waals surface area contributed by atoms with E-state index in [1.807, 2.05) is 5.38 Å². The van der Waals surface area contributed by atoms with Gasteiger partial charge in [-0.3, -0.25) is 14.5 Å². The van der Waals surface area contributed by atoms with Crippen molar-refractivity contribution in [2.24, 2.45) is 0 Å². The number of aliphatic hydroxyl groups excluding tert-OH is 1. The molecule has 0 aliphatic heterocycles. The summed E-state index contributed by atoms with van der Waals surface area (Å²) in [7, 11) is 4.18. The van der Waals surface area contributed by atoms with Gasteiger partial charge in [-0.25, -0.2) is 4.98 Å². The lowest BCUT2D eigenvalue weighted by Gasteiger charge is -2.23. The lowest BCUT2D eigenvalue weighted by atomic mass is 10.2. The quantitative estimate of drug-likeness (QED) is 0.384. The minimum atomic E-state index is -0.250. The Morgan fingerprint density at radius 3 is 2.38 bits per heavy atom. The topological polar surface area (TPSA) is 130 Å².